The first-order valence-corrected chi connectivity index (χ1v) is 7.72. The molecule has 0 spiro atoms. The first-order valence-electron chi connectivity index (χ1n) is 7.72. The monoisotopic (exact) mass is 320 g/mol. The summed E-state index contributed by atoms with van der Waals surface area (Å²) < 4.78 is 16.1. The van der Waals surface area contributed by atoms with Crippen LogP contribution in [0.25, 0.3) is 22.3 Å². The van der Waals surface area contributed by atoms with Gasteiger partial charge in [0.2, 0.25) is 0 Å². The molecule has 3 aromatic carbocycles. The predicted molar refractivity (Wildman–Crippen MR) is 97.0 cm³/mol. The smallest absolute Gasteiger partial charge is 0.127 e. The van der Waals surface area contributed by atoms with Crippen LogP contribution in [0.3, 0.4) is 0 Å². The lowest BCUT2D eigenvalue weighted by Crippen LogP contribution is -1.92. The second kappa shape index (κ2) is 7.09. The molecule has 0 fully saturated rings. The quantitative estimate of drug-likeness (QED) is 0.658. The third-order valence-electron chi connectivity index (χ3n) is 4.03. The second-order valence-corrected chi connectivity index (χ2v) is 5.34. The minimum atomic E-state index is 0.833. The Morgan fingerprint density at radius 3 is 1.58 bits per heavy atom. The molecule has 0 atom stereocenters. The maximum Gasteiger partial charge on any atom is 0.127 e. The van der Waals surface area contributed by atoms with E-state index in [0.717, 1.165) is 39.5 Å². The summed E-state index contributed by atoms with van der Waals surface area (Å²) in [5, 5.41) is 0. The Labute approximate surface area is 142 Å². The fraction of sp³-hybridized carbons (Fsp3) is 0.143. The van der Waals surface area contributed by atoms with E-state index in [1.54, 1.807) is 21.3 Å². The summed E-state index contributed by atoms with van der Waals surface area (Å²) in [4.78, 5) is 0. The van der Waals surface area contributed by atoms with Crippen LogP contribution >= 0.6 is 0 Å². The van der Waals surface area contributed by atoms with E-state index in [1.807, 2.05) is 48.5 Å². The van der Waals surface area contributed by atoms with Gasteiger partial charge in [-0.1, -0.05) is 36.4 Å². The van der Waals surface area contributed by atoms with Crippen LogP contribution in [-0.4, -0.2) is 21.3 Å². The summed E-state index contributed by atoms with van der Waals surface area (Å²) in [6.45, 7) is 0. The molecule has 24 heavy (non-hydrogen) atoms. The molecular formula is C21H20O3. The second-order valence-electron chi connectivity index (χ2n) is 5.34. The summed E-state index contributed by atoms with van der Waals surface area (Å²) in [6.07, 6.45) is 0. The van der Waals surface area contributed by atoms with Crippen molar-refractivity contribution in [1.82, 2.24) is 0 Å². The highest BCUT2D eigenvalue weighted by Gasteiger charge is 2.13. The van der Waals surface area contributed by atoms with Gasteiger partial charge < -0.3 is 14.2 Å². The first kappa shape index (κ1) is 15.9. The molecule has 0 aliphatic heterocycles. The highest BCUT2D eigenvalue weighted by atomic mass is 16.5. The van der Waals surface area contributed by atoms with Crippen molar-refractivity contribution in [2.45, 2.75) is 0 Å². The van der Waals surface area contributed by atoms with Gasteiger partial charge in [-0.3, -0.25) is 0 Å². The maximum absolute atomic E-state index is 5.61. The van der Waals surface area contributed by atoms with Crippen molar-refractivity contribution in [3.05, 3.63) is 66.7 Å². The van der Waals surface area contributed by atoms with Crippen LogP contribution in [0.1, 0.15) is 0 Å². The van der Waals surface area contributed by atoms with Crippen LogP contribution in [0, 0.1) is 0 Å². The van der Waals surface area contributed by atoms with E-state index < -0.39 is 0 Å². The van der Waals surface area contributed by atoms with E-state index in [0.29, 0.717) is 0 Å². The Bertz CT molecular complexity index is 805. The summed E-state index contributed by atoms with van der Waals surface area (Å²) in [7, 11) is 5.03. The molecule has 3 nitrogen and oxygen atoms in total. The van der Waals surface area contributed by atoms with Crippen LogP contribution in [0.15, 0.2) is 66.7 Å². The molecule has 0 saturated heterocycles. The Balaban J connectivity index is 2.15. The lowest BCUT2D eigenvalue weighted by atomic mass is 9.93. The molecule has 0 amide bonds. The zero-order chi connectivity index (χ0) is 16.9. The third kappa shape index (κ3) is 3.06. The van der Waals surface area contributed by atoms with Gasteiger partial charge in [0, 0.05) is 5.56 Å². The van der Waals surface area contributed by atoms with Crippen molar-refractivity contribution >= 4 is 0 Å². The SMILES string of the molecule is COc1ccc(-c2cccc(OC)c2-c2ccc(OC)cc2)cc1. The van der Waals surface area contributed by atoms with Gasteiger partial charge in [0.25, 0.3) is 0 Å². The third-order valence-corrected chi connectivity index (χ3v) is 4.03. The number of methoxy groups -OCH3 is 3. The number of rotatable bonds is 5. The Morgan fingerprint density at radius 1 is 0.542 bits per heavy atom. The fourth-order valence-corrected chi connectivity index (χ4v) is 2.77. The van der Waals surface area contributed by atoms with Crippen molar-refractivity contribution in [3.8, 4) is 39.5 Å². The van der Waals surface area contributed by atoms with Crippen LogP contribution in [0.5, 0.6) is 17.2 Å². The molecule has 3 aromatic rings. The number of hydrogen-bond acceptors (Lipinski definition) is 3. The molecule has 3 heteroatoms. The summed E-state index contributed by atoms with van der Waals surface area (Å²) in [5.74, 6) is 2.51. The van der Waals surface area contributed by atoms with Gasteiger partial charge in [-0.05, 0) is 47.0 Å². The lowest BCUT2D eigenvalue weighted by molar-refractivity contribution is 0.414. The number of ether oxygens (including phenoxy) is 3. The van der Waals surface area contributed by atoms with Crippen LogP contribution in [-0.2, 0) is 0 Å². The lowest BCUT2D eigenvalue weighted by Gasteiger charge is -2.15. The van der Waals surface area contributed by atoms with Gasteiger partial charge in [-0.25, -0.2) is 0 Å². The zero-order valence-electron chi connectivity index (χ0n) is 14.1. The van der Waals surface area contributed by atoms with Crippen molar-refractivity contribution in [2.24, 2.45) is 0 Å². The summed E-state index contributed by atoms with van der Waals surface area (Å²) in [5.41, 5.74) is 4.37. The van der Waals surface area contributed by atoms with Crippen LogP contribution in [0.2, 0.25) is 0 Å². The van der Waals surface area contributed by atoms with Gasteiger partial charge >= 0.3 is 0 Å². The van der Waals surface area contributed by atoms with Gasteiger partial charge in [0.1, 0.15) is 17.2 Å². The van der Waals surface area contributed by atoms with E-state index in [9.17, 15) is 0 Å². The number of benzene rings is 3. The van der Waals surface area contributed by atoms with Crippen molar-refractivity contribution in [2.75, 3.05) is 21.3 Å². The molecule has 0 unspecified atom stereocenters. The molecule has 0 aromatic heterocycles. The Kier molecular flexibility index (Phi) is 4.71. The highest BCUT2D eigenvalue weighted by molar-refractivity contribution is 5.87. The molecule has 0 aliphatic carbocycles. The van der Waals surface area contributed by atoms with E-state index in [2.05, 4.69) is 18.2 Å². The molecular weight excluding hydrogens is 300 g/mol. The van der Waals surface area contributed by atoms with E-state index in [-0.39, 0.29) is 0 Å². The Morgan fingerprint density at radius 2 is 1.08 bits per heavy atom. The van der Waals surface area contributed by atoms with Crippen LogP contribution in [0.4, 0.5) is 0 Å². The minimum Gasteiger partial charge on any atom is -0.497 e. The minimum absolute atomic E-state index is 0.833. The molecule has 0 N–H and O–H groups in total. The topological polar surface area (TPSA) is 27.7 Å². The average Bonchev–Trinajstić information content (AvgIpc) is 2.67. The van der Waals surface area contributed by atoms with Crippen LogP contribution < -0.4 is 14.2 Å². The molecule has 122 valence electrons. The zero-order valence-corrected chi connectivity index (χ0v) is 14.1. The normalized spacial score (nSPS) is 10.3. The average molecular weight is 320 g/mol. The molecule has 3 rings (SSSR count). The molecule has 0 radical (unpaired) electrons. The van der Waals surface area contributed by atoms with E-state index >= 15 is 0 Å². The molecule has 0 bridgehead atoms. The molecule has 0 heterocycles. The van der Waals surface area contributed by atoms with E-state index in [1.165, 1.54) is 0 Å². The van der Waals surface area contributed by atoms with Gasteiger partial charge in [-0.15, -0.1) is 0 Å². The first-order chi connectivity index (χ1) is 11.8. The summed E-state index contributed by atoms with van der Waals surface area (Å²) >= 11 is 0. The van der Waals surface area contributed by atoms with Gasteiger partial charge in [0.15, 0.2) is 0 Å². The molecule has 0 saturated carbocycles. The maximum atomic E-state index is 5.61. The van der Waals surface area contributed by atoms with E-state index in [4.69, 9.17) is 14.2 Å². The number of hydrogen-bond donors (Lipinski definition) is 0. The predicted octanol–water partition coefficient (Wildman–Crippen LogP) is 5.05. The van der Waals surface area contributed by atoms with Gasteiger partial charge in [0.05, 0.1) is 21.3 Å². The van der Waals surface area contributed by atoms with Crippen molar-refractivity contribution in [1.29, 1.82) is 0 Å². The Hall–Kier alpha value is -2.94. The fourth-order valence-electron chi connectivity index (χ4n) is 2.77. The van der Waals surface area contributed by atoms with Crippen molar-refractivity contribution < 1.29 is 14.2 Å². The summed E-state index contributed by atoms with van der Waals surface area (Å²) in [6, 6.07) is 22.1. The highest BCUT2D eigenvalue weighted by Crippen LogP contribution is 2.40. The van der Waals surface area contributed by atoms with Gasteiger partial charge in [-0.2, -0.15) is 0 Å². The van der Waals surface area contributed by atoms with Crippen molar-refractivity contribution in [3.63, 3.8) is 0 Å². The molecule has 0 aliphatic rings. The largest absolute Gasteiger partial charge is 0.497 e. The standard InChI is InChI=1S/C21H20O3/c1-22-17-11-7-15(8-12-17)19-5-4-6-20(24-3)21(19)16-9-13-18(23-2)14-10-16/h4-14H,1-3H3.